The van der Waals surface area contributed by atoms with Gasteiger partial charge in [0, 0.05) is 19.1 Å². The lowest BCUT2D eigenvalue weighted by atomic mass is 9.82. The summed E-state index contributed by atoms with van der Waals surface area (Å²) in [6.07, 6.45) is -5.79. The van der Waals surface area contributed by atoms with E-state index in [0.717, 1.165) is 0 Å². The van der Waals surface area contributed by atoms with E-state index in [4.69, 9.17) is 9.47 Å². The van der Waals surface area contributed by atoms with Crippen LogP contribution in [0.3, 0.4) is 0 Å². The first kappa shape index (κ1) is 19.2. The quantitative estimate of drug-likeness (QED) is 0.776. The van der Waals surface area contributed by atoms with Crippen LogP contribution >= 0.6 is 0 Å². The summed E-state index contributed by atoms with van der Waals surface area (Å²) in [7, 11) is 1.33. The highest BCUT2D eigenvalue weighted by Gasteiger charge is 2.58. The second-order valence-electron chi connectivity index (χ2n) is 6.50. The van der Waals surface area contributed by atoms with Gasteiger partial charge in [-0.05, 0) is 5.56 Å². The number of hydrogen-bond donors (Lipinski definition) is 0. The molecule has 0 aromatic heterocycles. The molecule has 1 aromatic rings. The van der Waals surface area contributed by atoms with Crippen molar-refractivity contribution in [3.05, 3.63) is 35.9 Å². The van der Waals surface area contributed by atoms with E-state index < -0.39 is 35.6 Å². The van der Waals surface area contributed by atoms with Crippen LogP contribution in [0.15, 0.2) is 30.3 Å². The number of halogens is 3. The van der Waals surface area contributed by atoms with Gasteiger partial charge in [-0.2, -0.15) is 13.2 Å². The number of amides is 1. The third-order valence-electron chi connectivity index (χ3n) is 4.44. The molecular formula is C17H20F3NO4. The summed E-state index contributed by atoms with van der Waals surface area (Å²) in [5.74, 6) is -2.95. The van der Waals surface area contributed by atoms with Crippen molar-refractivity contribution in [3.8, 4) is 0 Å². The average molecular weight is 359 g/mol. The van der Waals surface area contributed by atoms with Crippen molar-refractivity contribution < 1.29 is 32.2 Å². The molecule has 138 valence electrons. The highest BCUT2D eigenvalue weighted by atomic mass is 19.4. The molecule has 1 heterocycles. The van der Waals surface area contributed by atoms with Crippen molar-refractivity contribution in [3.63, 3.8) is 0 Å². The Bertz CT molecular complexity index is 631. The predicted molar refractivity (Wildman–Crippen MR) is 82.4 cm³/mol. The first-order valence-electron chi connectivity index (χ1n) is 7.70. The zero-order valence-electron chi connectivity index (χ0n) is 14.2. The summed E-state index contributed by atoms with van der Waals surface area (Å²) in [6.45, 7) is 2.75. The molecule has 1 aliphatic rings. The summed E-state index contributed by atoms with van der Waals surface area (Å²) in [4.78, 5) is 24.7. The van der Waals surface area contributed by atoms with E-state index in [1.165, 1.54) is 7.11 Å². The first-order chi connectivity index (χ1) is 11.6. The van der Waals surface area contributed by atoms with Crippen LogP contribution in [-0.4, -0.2) is 48.8 Å². The van der Waals surface area contributed by atoms with Crippen LogP contribution in [0.5, 0.6) is 0 Å². The fraction of sp³-hybridized carbons (Fsp3) is 0.529. The van der Waals surface area contributed by atoms with Crippen molar-refractivity contribution in [2.24, 2.45) is 5.41 Å². The molecule has 25 heavy (non-hydrogen) atoms. The first-order valence-corrected chi connectivity index (χ1v) is 7.70. The fourth-order valence-corrected chi connectivity index (χ4v) is 3.08. The zero-order valence-corrected chi connectivity index (χ0v) is 14.2. The standard InChI is InChI=1S/C17H20F3NO4/c1-16(2)12(24-3)9-21(15(23)17(18,19)20)13(16)14(22)25-10-11-7-5-4-6-8-11/h4-8,12-13H,9-10H2,1-3H3/t12-,13-/m1/s1. The number of methoxy groups -OCH3 is 1. The van der Waals surface area contributed by atoms with Crippen LogP contribution in [-0.2, 0) is 25.7 Å². The van der Waals surface area contributed by atoms with Gasteiger partial charge in [-0.3, -0.25) is 4.79 Å². The van der Waals surface area contributed by atoms with E-state index in [1.807, 2.05) is 0 Å². The number of alkyl halides is 3. The third-order valence-corrected chi connectivity index (χ3v) is 4.44. The van der Waals surface area contributed by atoms with E-state index in [-0.39, 0.29) is 13.2 Å². The number of benzene rings is 1. The van der Waals surface area contributed by atoms with E-state index >= 15 is 0 Å². The number of carbonyl (C=O) groups is 2. The molecule has 0 unspecified atom stereocenters. The SMILES string of the molecule is CO[C@@H]1CN(C(=O)C(F)(F)F)[C@H](C(=O)OCc2ccccc2)C1(C)C. The largest absolute Gasteiger partial charge is 0.471 e. The number of hydrogen-bond acceptors (Lipinski definition) is 4. The van der Waals surface area contributed by atoms with Gasteiger partial charge < -0.3 is 14.4 Å². The minimum atomic E-state index is -5.07. The Kier molecular flexibility index (Phi) is 5.41. The normalized spacial score (nSPS) is 22.7. The fourth-order valence-electron chi connectivity index (χ4n) is 3.08. The second-order valence-corrected chi connectivity index (χ2v) is 6.50. The second kappa shape index (κ2) is 7.03. The molecule has 8 heteroatoms. The number of rotatable bonds is 4. The lowest BCUT2D eigenvalue weighted by Gasteiger charge is -2.32. The molecule has 0 N–H and O–H groups in total. The maximum absolute atomic E-state index is 12.9. The van der Waals surface area contributed by atoms with Crippen molar-refractivity contribution in [1.29, 1.82) is 0 Å². The maximum Gasteiger partial charge on any atom is 0.471 e. The Labute approximate surface area is 143 Å². The highest BCUT2D eigenvalue weighted by molar-refractivity contribution is 5.89. The minimum absolute atomic E-state index is 0.0854. The van der Waals surface area contributed by atoms with Crippen LogP contribution < -0.4 is 0 Å². The molecule has 1 aromatic carbocycles. The van der Waals surface area contributed by atoms with Crippen LogP contribution in [0.4, 0.5) is 13.2 Å². The molecule has 1 aliphatic heterocycles. The smallest absolute Gasteiger partial charge is 0.459 e. The number of ether oxygens (including phenoxy) is 2. The summed E-state index contributed by atoms with van der Waals surface area (Å²) >= 11 is 0. The molecule has 1 saturated heterocycles. The Morgan fingerprint density at radius 2 is 1.84 bits per heavy atom. The average Bonchev–Trinajstić information content (AvgIpc) is 2.82. The van der Waals surface area contributed by atoms with Gasteiger partial charge in [-0.1, -0.05) is 44.2 Å². The van der Waals surface area contributed by atoms with E-state index in [2.05, 4.69) is 0 Å². The van der Waals surface area contributed by atoms with Gasteiger partial charge in [-0.15, -0.1) is 0 Å². The van der Waals surface area contributed by atoms with Gasteiger partial charge in [-0.25, -0.2) is 4.79 Å². The zero-order chi connectivity index (χ0) is 18.8. The predicted octanol–water partition coefficient (Wildman–Crippen LogP) is 2.54. The third kappa shape index (κ3) is 3.95. The van der Waals surface area contributed by atoms with Crippen LogP contribution in [0.2, 0.25) is 0 Å². The van der Waals surface area contributed by atoms with Gasteiger partial charge in [0.2, 0.25) is 0 Å². The van der Waals surface area contributed by atoms with Gasteiger partial charge in [0.05, 0.1) is 6.10 Å². The van der Waals surface area contributed by atoms with Crippen LogP contribution in [0.25, 0.3) is 0 Å². The lowest BCUT2D eigenvalue weighted by molar-refractivity contribution is -0.190. The van der Waals surface area contributed by atoms with E-state index in [1.54, 1.807) is 44.2 Å². The molecule has 2 atom stereocenters. The number of carbonyl (C=O) groups excluding carboxylic acids is 2. The molecule has 1 amide bonds. The molecule has 0 aliphatic carbocycles. The molecule has 0 saturated carbocycles. The Morgan fingerprint density at radius 1 is 1.24 bits per heavy atom. The highest BCUT2D eigenvalue weighted by Crippen LogP contribution is 2.40. The van der Waals surface area contributed by atoms with Crippen molar-refractivity contribution >= 4 is 11.9 Å². The molecule has 0 spiro atoms. The summed E-state index contributed by atoms with van der Waals surface area (Å²) in [5, 5.41) is 0. The van der Waals surface area contributed by atoms with Crippen molar-refractivity contribution in [1.82, 2.24) is 4.90 Å². The topological polar surface area (TPSA) is 55.8 Å². The molecule has 2 rings (SSSR count). The number of esters is 1. The summed E-state index contributed by atoms with van der Waals surface area (Å²) in [5.41, 5.74) is -0.327. The lowest BCUT2D eigenvalue weighted by Crippen LogP contribution is -2.51. The maximum atomic E-state index is 12.9. The molecular weight excluding hydrogens is 339 g/mol. The monoisotopic (exact) mass is 359 g/mol. The van der Waals surface area contributed by atoms with Crippen molar-refractivity contribution in [2.45, 2.75) is 38.8 Å². The Hall–Kier alpha value is -2.09. The van der Waals surface area contributed by atoms with Crippen molar-refractivity contribution in [2.75, 3.05) is 13.7 Å². The van der Waals surface area contributed by atoms with Crippen LogP contribution in [0.1, 0.15) is 19.4 Å². The summed E-state index contributed by atoms with van der Waals surface area (Å²) in [6, 6.07) is 7.37. The molecule has 5 nitrogen and oxygen atoms in total. The van der Waals surface area contributed by atoms with Gasteiger partial charge >= 0.3 is 18.1 Å². The van der Waals surface area contributed by atoms with E-state index in [9.17, 15) is 22.8 Å². The van der Waals surface area contributed by atoms with E-state index in [0.29, 0.717) is 10.5 Å². The number of likely N-dealkylation sites (tertiary alicyclic amines) is 1. The van der Waals surface area contributed by atoms with Crippen LogP contribution in [0, 0.1) is 5.41 Å². The van der Waals surface area contributed by atoms with Gasteiger partial charge in [0.15, 0.2) is 0 Å². The van der Waals surface area contributed by atoms with Gasteiger partial charge in [0.1, 0.15) is 12.6 Å². The summed E-state index contributed by atoms with van der Waals surface area (Å²) < 4.78 is 49.0. The van der Waals surface area contributed by atoms with Gasteiger partial charge in [0.25, 0.3) is 0 Å². The molecule has 0 bridgehead atoms. The minimum Gasteiger partial charge on any atom is -0.459 e. The Balaban J connectivity index is 2.22. The Morgan fingerprint density at radius 3 is 2.36 bits per heavy atom. The number of nitrogens with zero attached hydrogens (tertiary/aromatic N) is 1. The molecule has 0 radical (unpaired) electrons. The molecule has 1 fully saturated rings.